The van der Waals surface area contributed by atoms with Gasteiger partial charge >= 0.3 is 0 Å². The number of benzene rings is 2. The van der Waals surface area contributed by atoms with Gasteiger partial charge in [-0.25, -0.2) is 0 Å². The molecule has 0 heterocycles. The molecule has 146 valence electrons. The van der Waals surface area contributed by atoms with Crippen LogP contribution in [0, 0.1) is 0 Å². The van der Waals surface area contributed by atoms with E-state index >= 15 is 0 Å². The predicted octanol–water partition coefficient (Wildman–Crippen LogP) is 6.66. The highest BCUT2D eigenvalue weighted by Crippen LogP contribution is 2.18. The molecule has 0 bridgehead atoms. The van der Waals surface area contributed by atoms with Gasteiger partial charge < -0.3 is 10.1 Å². The lowest BCUT2D eigenvalue weighted by Gasteiger charge is -2.12. The van der Waals surface area contributed by atoms with Crippen molar-refractivity contribution in [2.75, 3.05) is 6.61 Å². The van der Waals surface area contributed by atoms with Crippen LogP contribution in [0.2, 0.25) is 0 Å². The Morgan fingerprint density at radius 3 is 2.19 bits per heavy atom. The van der Waals surface area contributed by atoms with Crippen molar-refractivity contribution in [1.82, 2.24) is 5.32 Å². The summed E-state index contributed by atoms with van der Waals surface area (Å²) in [6, 6.07) is 18.9. The molecule has 0 saturated heterocycles. The molecule has 0 spiro atoms. The smallest absolute Gasteiger partial charge is 0.123 e. The summed E-state index contributed by atoms with van der Waals surface area (Å²) >= 11 is 0. The topological polar surface area (TPSA) is 21.3 Å². The summed E-state index contributed by atoms with van der Waals surface area (Å²) in [5.41, 5.74) is 2.54. The zero-order valence-electron chi connectivity index (χ0n) is 16.7. The maximum absolute atomic E-state index is 6.05. The maximum atomic E-state index is 6.05. The van der Waals surface area contributed by atoms with Crippen molar-refractivity contribution in [2.45, 2.75) is 64.5 Å². The minimum atomic E-state index is 0.812. The Bertz CT molecular complexity index is 623. The van der Waals surface area contributed by atoms with E-state index in [4.69, 9.17) is 4.74 Å². The van der Waals surface area contributed by atoms with E-state index < -0.39 is 0 Å². The first kappa shape index (κ1) is 21.2. The molecule has 0 radical (unpaired) electrons. The zero-order valence-corrected chi connectivity index (χ0v) is 16.7. The number of hydrogen-bond acceptors (Lipinski definition) is 2. The van der Waals surface area contributed by atoms with Crippen LogP contribution in [-0.2, 0) is 13.1 Å². The minimum absolute atomic E-state index is 0.812. The quantitative estimate of drug-likeness (QED) is 0.281. The van der Waals surface area contributed by atoms with Crippen LogP contribution in [0.5, 0.6) is 5.75 Å². The molecule has 2 rings (SSSR count). The van der Waals surface area contributed by atoms with Crippen molar-refractivity contribution in [1.29, 1.82) is 0 Å². The van der Waals surface area contributed by atoms with Gasteiger partial charge in [0.2, 0.25) is 0 Å². The second-order valence-corrected chi connectivity index (χ2v) is 7.10. The van der Waals surface area contributed by atoms with Gasteiger partial charge in [-0.3, -0.25) is 0 Å². The standard InChI is InChI=1S/C25H35NO/c1-2-3-4-5-6-7-8-9-15-20-27-25-19-14-13-18-24(25)22-26-21-23-16-11-10-12-17-23/h2,10-14,16-19,26H,1,3-9,15,20-22H2. The molecule has 0 aliphatic heterocycles. The summed E-state index contributed by atoms with van der Waals surface area (Å²) in [6.45, 7) is 6.29. The average molecular weight is 366 g/mol. The number of hydrogen-bond donors (Lipinski definition) is 1. The highest BCUT2D eigenvalue weighted by molar-refractivity contribution is 5.33. The Kier molecular flexibility index (Phi) is 11.1. The van der Waals surface area contributed by atoms with Crippen molar-refractivity contribution in [2.24, 2.45) is 0 Å². The number of unbranched alkanes of at least 4 members (excludes halogenated alkanes) is 7. The molecule has 2 nitrogen and oxygen atoms in total. The van der Waals surface area contributed by atoms with Gasteiger partial charge in [0.1, 0.15) is 5.75 Å². The lowest BCUT2D eigenvalue weighted by Crippen LogP contribution is -2.13. The molecular weight excluding hydrogens is 330 g/mol. The lowest BCUT2D eigenvalue weighted by atomic mass is 10.1. The van der Waals surface area contributed by atoms with Crippen molar-refractivity contribution in [3.8, 4) is 5.75 Å². The lowest BCUT2D eigenvalue weighted by molar-refractivity contribution is 0.300. The molecule has 0 aromatic heterocycles. The van der Waals surface area contributed by atoms with Gasteiger partial charge in [0, 0.05) is 18.7 Å². The van der Waals surface area contributed by atoms with E-state index in [0.717, 1.165) is 38.3 Å². The van der Waals surface area contributed by atoms with E-state index in [1.165, 1.54) is 49.7 Å². The van der Waals surface area contributed by atoms with E-state index in [1.807, 2.05) is 6.08 Å². The largest absolute Gasteiger partial charge is 0.493 e. The fourth-order valence-electron chi connectivity index (χ4n) is 3.18. The number of para-hydroxylation sites is 1. The van der Waals surface area contributed by atoms with Crippen LogP contribution < -0.4 is 10.1 Å². The Morgan fingerprint density at radius 2 is 1.41 bits per heavy atom. The van der Waals surface area contributed by atoms with Crippen LogP contribution >= 0.6 is 0 Å². The second kappa shape index (κ2) is 14.1. The van der Waals surface area contributed by atoms with E-state index in [-0.39, 0.29) is 0 Å². The third-order valence-corrected chi connectivity index (χ3v) is 4.77. The van der Waals surface area contributed by atoms with Crippen LogP contribution in [0.25, 0.3) is 0 Å². The van der Waals surface area contributed by atoms with E-state index in [1.54, 1.807) is 0 Å². The molecule has 27 heavy (non-hydrogen) atoms. The highest BCUT2D eigenvalue weighted by atomic mass is 16.5. The third kappa shape index (κ3) is 9.44. The molecule has 1 N–H and O–H groups in total. The van der Waals surface area contributed by atoms with Gasteiger partial charge in [0.05, 0.1) is 6.61 Å². The first-order valence-electron chi connectivity index (χ1n) is 10.5. The number of allylic oxidation sites excluding steroid dienone is 1. The molecule has 0 aliphatic carbocycles. The first-order chi connectivity index (χ1) is 13.4. The molecule has 0 fully saturated rings. The highest BCUT2D eigenvalue weighted by Gasteiger charge is 2.03. The van der Waals surface area contributed by atoms with Crippen molar-refractivity contribution < 1.29 is 4.74 Å². The van der Waals surface area contributed by atoms with Crippen molar-refractivity contribution in [3.05, 3.63) is 78.4 Å². The normalized spacial score (nSPS) is 10.7. The molecule has 0 atom stereocenters. The summed E-state index contributed by atoms with van der Waals surface area (Å²) in [6.07, 6.45) is 12.2. The average Bonchev–Trinajstić information content (AvgIpc) is 2.71. The third-order valence-electron chi connectivity index (χ3n) is 4.77. The van der Waals surface area contributed by atoms with Gasteiger partial charge in [-0.2, -0.15) is 0 Å². The Labute approximate surface area is 165 Å². The summed E-state index contributed by atoms with van der Waals surface area (Å²) in [4.78, 5) is 0. The predicted molar refractivity (Wildman–Crippen MR) is 116 cm³/mol. The number of ether oxygens (including phenoxy) is 1. The molecule has 0 unspecified atom stereocenters. The Morgan fingerprint density at radius 1 is 0.741 bits per heavy atom. The number of rotatable bonds is 15. The van der Waals surface area contributed by atoms with Crippen LogP contribution in [0.15, 0.2) is 67.3 Å². The van der Waals surface area contributed by atoms with Crippen molar-refractivity contribution >= 4 is 0 Å². The fourth-order valence-corrected chi connectivity index (χ4v) is 3.18. The Hall–Kier alpha value is -2.06. The zero-order chi connectivity index (χ0) is 19.0. The molecule has 0 amide bonds. The molecule has 2 heteroatoms. The summed E-state index contributed by atoms with van der Waals surface area (Å²) in [7, 11) is 0. The van der Waals surface area contributed by atoms with Crippen LogP contribution in [0.4, 0.5) is 0 Å². The van der Waals surface area contributed by atoms with Gasteiger partial charge in [0.15, 0.2) is 0 Å². The van der Waals surface area contributed by atoms with Gasteiger partial charge in [-0.05, 0) is 30.9 Å². The molecular formula is C25H35NO. The molecule has 2 aromatic carbocycles. The van der Waals surface area contributed by atoms with E-state index in [0.29, 0.717) is 0 Å². The number of nitrogens with one attached hydrogen (secondary N) is 1. The van der Waals surface area contributed by atoms with Crippen LogP contribution in [0.1, 0.15) is 62.5 Å². The van der Waals surface area contributed by atoms with Gasteiger partial charge in [0.25, 0.3) is 0 Å². The summed E-state index contributed by atoms with van der Waals surface area (Å²) in [5, 5.41) is 3.51. The maximum Gasteiger partial charge on any atom is 0.123 e. The van der Waals surface area contributed by atoms with E-state index in [2.05, 4.69) is 66.5 Å². The van der Waals surface area contributed by atoms with Crippen LogP contribution in [0.3, 0.4) is 0 Å². The fraction of sp³-hybridized carbons (Fsp3) is 0.440. The molecule has 0 saturated carbocycles. The van der Waals surface area contributed by atoms with Crippen molar-refractivity contribution in [3.63, 3.8) is 0 Å². The van der Waals surface area contributed by atoms with Gasteiger partial charge in [-0.15, -0.1) is 6.58 Å². The van der Waals surface area contributed by atoms with E-state index in [9.17, 15) is 0 Å². The minimum Gasteiger partial charge on any atom is -0.493 e. The summed E-state index contributed by atoms with van der Waals surface area (Å²) in [5.74, 6) is 1.02. The molecule has 2 aromatic rings. The second-order valence-electron chi connectivity index (χ2n) is 7.10. The van der Waals surface area contributed by atoms with Crippen LogP contribution in [-0.4, -0.2) is 6.61 Å². The first-order valence-corrected chi connectivity index (χ1v) is 10.5. The molecule has 0 aliphatic rings. The SMILES string of the molecule is C=CCCCCCCCCCOc1ccccc1CNCc1ccccc1. The summed E-state index contributed by atoms with van der Waals surface area (Å²) < 4.78 is 6.05. The monoisotopic (exact) mass is 365 g/mol. The Balaban J connectivity index is 1.59. The van der Waals surface area contributed by atoms with Gasteiger partial charge in [-0.1, -0.05) is 86.7 Å².